The highest BCUT2D eigenvalue weighted by molar-refractivity contribution is 4.82. The van der Waals surface area contributed by atoms with Crippen molar-refractivity contribution >= 4 is 0 Å². The summed E-state index contributed by atoms with van der Waals surface area (Å²) in [5, 5.41) is 0. The van der Waals surface area contributed by atoms with Gasteiger partial charge in [-0.1, -0.05) is 168 Å². The second-order valence-corrected chi connectivity index (χ2v) is 13.8. The molecule has 0 aromatic rings. The molecule has 0 fully saturated rings. The summed E-state index contributed by atoms with van der Waals surface area (Å²) in [6.45, 7) is 13.3. The summed E-state index contributed by atoms with van der Waals surface area (Å²) < 4.78 is 5.13. The molecule has 0 aliphatic carbocycles. The third-order valence-corrected chi connectivity index (χ3v) is 8.80. The Kier molecular flexibility index (Phi) is 47.1. The van der Waals surface area contributed by atoms with Crippen LogP contribution in [0, 0.1) is 0 Å². The molecule has 0 unspecified atom stereocenters. The SMILES string of the molecule is CCCCCCCC/C=C\CCCCCCCCN(C)CCCCCCCC/C=C\CCCCCCCC.CCCOCCC. The van der Waals surface area contributed by atoms with Crippen LogP contribution >= 0.6 is 0 Å². The minimum Gasteiger partial charge on any atom is -0.381 e. The molecular formula is C43H87NO. The molecule has 0 spiro atoms. The number of hydrogen-bond donors (Lipinski definition) is 0. The van der Waals surface area contributed by atoms with Gasteiger partial charge in [0.05, 0.1) is 0 Å². The third kappa shape index (κ3) is 47.9. The van der Waals surface area contributed by atoms with E-state index in [1.165, 1.54) is 193 Å². The Labute approximate surface area is 287 Å². The van der Waals surface area contributed by atoms with Crippen LogP contribution in [-0.2, 0) is 4.74 Å². The molecule has 0 rings (SSSR count). The second kappa shape index (κ2) is 45.5. The lowest BCUT2D eigenvalue weighted by atomic mass is 10.1. The number of allylic oxidation sites excluding steroid dienone is 4. The normalized spacial score (nSPS) is 11.7. The van der Waals surface area contributed by atoms with E-state index in [-0.39, 0.29) is 0 Å². The van der Waals surface area contributed by atoms with E-state index in [0.29, 0.717) is 0 Å². The van der Waals surface area contributed by atoms with Crippen molar-refractivity contribution < 1.29 is 4.74 Å². The van der Waals surface area contributed by atoms with Crippen molar-refractivity contribution in [3.05, 3.63) is 24.3 Å². The summed E-state index contributed by atoms with van der Waals surface area (Å²) in [4.78, 5) is 2.57. The zero-order valence-electron chi connectivity index (χ0n) is 32.2. The highest BCUT2D eigenvalue weighted by Gasteiger charge is 1.99. The molecule has 45 heavy (non-hydrogen) atoms. The molecule has 0 saturated carbocycles. The van der Waals surface area contributed by atoms with Crippen molar-refractivity contribution in [3.63, 3.8) is 0 Å². The van der Waals surface area contributed by atoms with Crippen LogP contribution in [0.3, 0.4) is 0 Å². The Morgan fingerprint density at radius 1 is 0.333 bits per heavy atom. The summed E-state index contributed by atoms with van der Waals surface area (Å²) in [6, 6.07) is 0. The first-order chi connectivity index (χ1) is 22.2. The molecular weight excluding hydrogens is 546 g/mol. The molecule has 0 saturated heterocycles. The highest BCUT2D eigenvalue weighted by Crippen LogP contribution is 2.12. The number of nitrogens with zero attached hydrogens (tertiary/aromatic N) is 1. The first-order valence-corrected chi connectivity index (χ1v) is 20.8. The Hall–Kier alpha value is -0.600. The predicted octanol–water partition coefficient (Wildman–Crippen LogP) is 14.8. The lowest BCUT2D eigenvalue weighted by Gasteiger charge is -2.16. The zero-order chi connectivity index (χ0) is 33.2. The number of unbranched alkanes of at least 4 members (excludes halogenated alkanes) is 24. The molecule has 0 aliphatic rings. The molecule has 0 aromatic carbocycles. The van der Waals surface area contributed by atoms with E-state index in [4.69, 9.17) is 4.74 Å². The smallest absolute Gasteiger partial charge is 0.0463 e. The van der Waals surface area contributed by atoms with Crippen molar-refractivity contribution in [2.75, 3.05) is 33.4 Å². The van der Waals surface area contributed by atoms with Crippen LogP contribution < -0.4 is 0 Å². The molecule has 0 aromatic heterocycles. The van der Waals surface area contributed by atoms with Crippen molar-refractivity contribution in [1.29, 1.82) is 0 Å². The summed E-state index contributed by atoms with van der Waals surface area (Å²) in [7, 11) is 2.33. The highest BCUT2D eigenvalue weighted by atomic mass is 16.5. The lowest BCUT2D eigenvalue weighted by Crippen LogP contribution is -2.20. The number of hydrogen-bond acceptors (Lipinski definition) is 2. The standard InChI is InChI=1S/C37H73N.C6H14O/c1-4-6-8-10-12-14-16-18-20-22-24-26-28-30-32-34-36-38(3)37-35-33-31-29-27-25-23-21-19-17-15-13-11-9-7-5-2;1-3-5-7-6-4-2/h18-21H,4-17,22-37H2,1-3H3;3-6H2,1-2H3/b20-18-,21-19-;. The van der Waals surface area contributed by atoms with E-state index in [1.54, 1.807) is 0 Å². The van der Waals surface area contributed by atoms with Gasteiger partial charge in [-0.2, -0.15) is 0 Å². The van der Waals surface area contributed by atoms with Gasteiger partial charge in [0.15, 0.2) is 0 Å². The maximum absolute atomic E-state index is 5.13. The van der Waals surface area contributed by atoms with Gasteiger partial charge in [0, 0.05) is 13.2 Å². The van der Waals surface area contributed by atoms with E-state index in [1.807, 2.05) is 0 Å². The van der Waals surface area contributed by atoms with Crippen molar-refractivity contribution in [2.24, 2.45) is 0 Å². The molecule has 0 N–H and O–H groups in total. The van der Waals surface area contributed by atoms with Crippen molar-refractivity contribution in [3.8, 4) is 0 Å². The second-order valence-electron chi connectivity index (χ2n) is 13.8. The van der Waals surface area contributed by atoms with Crippen LogP contribution in [0.15, 0.2) is 24.3 Å². The minimum absolute atomic E-state index is 0.924. The first-order valence-electron chi connectivity index (χ1n) is 20.8. The van der Waals surface area contributed by atoms with Gasteiger partial charge >= 0.3 is 0 Å². The van der Waals surface area contributed by atoms with Gasteiger partial charge in [-0.3, -0.25) is 0 Å². The van der Waals surface area contributed by atoms with Gasteiger partial charge in [0.25, 0.3) is 0 Å². The van der Waals surface area contributed by atoms with Gasteiger partial charge in [-0.25, -0.2) is 0 Å². The fourth-order valence-corrected chi connectivity index (χ4v) is 5.76. The molecule has 0 aliphatic heterocycles. The maximum Gasteiger partial charge on any atom is 0.0463 e. The van der Waals surface area contributed by atoms with Crippen LogP contribution in [0.2, 0.25) is 0 Å². The molecule has 0 radical (unpaired) electrons. The van der Waals surface area contributed by atoms with Crippen LogP contribution in [0.25, 0.3) is 0 Å². The maximum atomic E-state index is 5.13. The number of rotatable bonds is 36. The van der Waals surface area contributed by atoms with Crippen LogP contribution in [0.1, 0.15) is 220 Å². The van der Waals surface area contributed by atoms with Crippen molar-refractivity contribution in [1.82, 2.24) is 4.90 Å². The summed E-state index contributed by atoms with van der Waals surface area (Å²) in [5.41, 5.74) is 0. The summed E-state index contributed by atoms with van der Waals surface area (Å²) in [5.74, 6) is 0. The third-order valence-electron chi connectivity index (χ3n) is 8.80. The van der Waals surface area contributed by atoms with Gasteiger partial charge in [-0.15, -0.1) is 0 Å². The average molecular weight is 634 g/mol. The number of ether oxygens (including phenoxy) is 1. The van der Waals surface area contributed by atoms with E-state index >= 15 is 0 Å². The fourth-order valence-electron chi connectivity index (χ4n) is 5.76. The Balaban J connectivity index is 0. The van der Waals surface area contributed by atoms with E-state index in [9.17, 15) is 0 Å². The molecule has 0 heterocycles. The van der Waals surface area contributed by atoms with Crippen molar-refractivity contribution in [2.45, 2.75) is 220 Å². The average Bonchev–Trinajstić information content (AvgIpc) is 3.05. The fraction of sp³-hybridized carbons (Fsp3) is 0.907. The monoisotopic (exact) mass is 634 g/mol. The van der Waals surface area contributed by atoms with Gasteiger partial charge in [-0.05, 0) is 97.2 Å². The van der Waals surface area contributed by atoms with E-state index in [2.05, 4.69) is 63.9 Å². The van der Waals surface area contributed by atoms with Gasteiger partial charge < -0.3 is 9.64 Å². The first kappa shape index (κ1) is 46.5. The van der Waals surface area contributed by atoms with Crippen LogP contribution in [0.5, 0.6) is 0 Å². The topological polar surface area (TPSA) is 12.5 Å². The molecule has 270 valence electrons. The van der Waals surface area contributed by atoms with Gasteiger partial charge in [0.2, 0.25) is 0 Å². The molecule has 0 atom stereocenters. The molecule has 0 amide bonds. The molecule has 2 nitrogen and oxygen atoms in total. The van der Waals surface area contributed by atoms with Crippen LogP contribution in [0.4, 0.5) is 0 Å². The Morgan fingerprint density at radius 2 is 0.600 bits per heavy atom. The summed E-state index contributed by atoms with van der Waals surface area (Å²) >= 11 is 0. The molecule has 0 bridgehead atoms. The predicted molar refractivity (Wildman–Crippen MR) is 208 cm³/mol. The Bertz CT molecular complexity index is 496. The van der Waals surface area contributed by atoms with E-state index in [0.717, 1.165) is 26.1 Å². The largest absolute Gasteiger partial charge is 0.381 e. The van der Waals surface area contributed by atoms with Crippen LogP contribution in [-0.4, -0.2) is 38.3 Å². The molecule has 2 heteroatoms. The van der Waals surface area contributed by atoms with E-state index < -0.39 is 0 Å². The summed E-state index contributed by atoms with van der Waals surface area (Å²) in [6.07, 6.45) is 51.2. The zero-order valence-corrected chi connectivity index (χ0v) is 32.2. The lowest BCUT2D eigenvalue weighted by molar-refractivity contribution is 0.135. The Morgan fingerprint density at radius 3 is 0.889 bits per heavy atom. The quantitative estimate of drug-likeness (QED) is 0.0503. The van der Waals surface area contributed by atoms with Gasteiger partial charge in [0.1, 0.15) is 0 Å². The minimum atomic E-state index is 0.924.